The van der Waals surface area contributed by atoms with Gasteiger partial charge in [0.15, 0.2) is 0 Å². The van der Waals surface area contributed by atoms with Crippen LogP contribution in [-0.4, -0.2) is 25.8 Å². The van der Waals surface area contributed by atoms with Gasteiger partial charge in [-0.05, 0) is 32.1 Å². The van der Waals surface area contributed by atoms with E-state index in [9.17, 15) is 9.90 Å². The van der Waals surface area contributed by atoms with Crippen molar-refractivity contribution in [1.82, 2.24) is 14.8 Å². The lowest BCUT2D eigenvalue weighted by Crippen LogP contribution is -2.20. The van der Waals surface area contributed by atoms with Crippen molar-refractivity contribution in [2.75, 3.05) is 0 Å². The second kappa shape index (κ2) is 5.72. The standard InChI is InChI=1S/C14H23N3O2/c1-4-6-17-9(3)15-16-13(17)11-7-10(5-2)8-12(11)14(18)19/h10-12H,4-8H2,1-3H3,(H,18,19). The Morgan fingerprint density at radius 3 is 2.68 bits per heavy atom. The molecular weight excluding hydrogens is 242 g/mol. The number of rotatable bonds is 5. The van der Waals surface area contributed by atoms with Crippen molar-refractivity contribution in [3.8, 4) is 0 Å². The number of aliphatic carboxylic acids is 1. The first-order chi connectivity index (χ1) is 9.08. The molecule has 0 amide bonds. The smallest absolute Gasteiger partial charge is 0.307 e. The van der Waals surface area contributed by atoms with Crippen LogP contribution >= 0.6 is 0 Å². The summed E-state index contributed by atoms with van der Waals surface area (Å²) in [5.41, 5.74) is 0. The van der Waals surface area contributed by atoms with E-state index in [1.54, 1.807) is 0 Å². The summed E-state index contributed by atoms with van der Waals surface area (Å²) in [5, 5.41) is 17.8. The molecule has 0 radical (unpaired) electrons. The second-order valence-corrected chi connectivity index (χ2v) is 5.55. The van der Waals surface area contributed by atoms with E-state index >= 15 is 0 Å². The number of carboxylic acids is 1. The van der Waals surface area contributed by atoms with Crippen molar-refractivity contribution in [3.63, 3.8) is 0 Å². The zero-order chi connectivity index (χ0) is 14.0. The molecule has 106 valence electrons. The van der Waals surface area contributed by atoms with Crippen LogP contribution in [0.15, 0.2) is 0 Å². The van der Waals surface area contributed by atoms with Crippen LogP contribution in [0, 0.1) is 18.8 Å². The number of aryl methyl sites for hydroxylation is 1. The highest BCUT2D eigenvalue weighted by molar-refractivity contribution is 5.71. The average Bonchev–Trinajstić information content (AvgIpc) is 2.95. The average molecular weight is 265 g/mol. The van der Waals surface area contributed by atoms with Gasteiger partial charge < -0.3 is 9.67 Å². The summed E-state index contributed by atoms with van der Waals surface area (Å²) in [6, 6.07) is 0. The van der Waals surface area contributed by atoms with Crippen molar-refractivity contribution in [3.05, 3.63) is 11.6 Å². The van der Waals surface area contributed by atoms with Crippen molar-refractivity contribution in [1.29, 1.82) is 0 Å². The van der Waals surface area contributed by atoms with Crippen molar-refractivity contribution < 1.29 is 9.90 Å². The van der Waals surface area contributed by atoms with E-state index < -0.39 is 5.97 Å². The van der Waals surface area contributed by atoms with Crippen LogP contribution in [-0.2, 0) is 11.3 Å². The summed E-state index contributed by atoms with van der Waals surface area (Å²) < 4.78 is 2.10. The zero-order valence-corrected chi connectivity index (χ0v) is 12.0. The van der Waals surface area contributed by atoms with Crippen molar-refractivity contribution in [2.24, 2.45) is 11.8 Å². The number of carbonyl (C=O) groups is 1. The SMILES string of the molecule is CCCn1c(C)nnc1C1CC(CC)CC1C(=O)O. The maximum absolute atomic E-state index is 11.5. The maximum Gasteiger partial charge on any atom is 0.307 e. The molecule has 1 aliphatic rings. The van der Waals surface area contributed by atoms with Gasteiger partial charge in [0.2, 0.25) is 0 Å². The monoisotopic (exact) mass is 265 g/mol. The third-order valence-electron chi connectivity index (χ3n) is 4.30. The molecule has 3 unspecified atom stereocenters. The Morgan fingerprint density at radius 2 is 2.11 bits per heavy atom. The molecular formula is C14H23N3O2. The number of hydrogen-bond acceptors (Lipinski definition) is 3. The van der Waals surface area contributed by atoms with E-state index in [4.69, 9.17) is 0 Å². The fourth-order valence-corrected chi connectivity index (χ4v) is 3.21. The Bertz CT molecular complexity index is 456. The van der Waals surface area contributed by atoms with E-state index in [0.717, 1.165) is 43.9 Å². The molecule has 1 heterocycles. The highest BCUT2D eigenvalue weighted by Gasteiger charge is 2.41. The Labute approximate surface area is 114 Å². The van der Waals surface area contributed by atoms with Gasteiger partial charge in [-0.25, -0.2) is 0 Å². The van der Waals surface area contributed by atoms with Gasteiger partial charge in [-0.15, -0.1) is 10.2 Å². The first kappa shape index (κ1) is 14.0. The summed E-state index contributed by atoms with van der Waals surface area (Å²) in [6.45, 7) is 7.05. The van der Waals surface area contributed by atoms with Crippen molar-refractivity contribution in [2.45, 2.75) is 58.9 Å². The molecule has 5 heteroatoms. The van der Waals surface area contributed by atoms with Gasteiger partial charge in [-0.3, -0.25) is 4.79 Å². The largest absolute Gasteiger partial charge is 0.481 e. The van der Waals surface area contributed by atoms with Gasteiger partial charge in [0.25, 0.3) is 0 Å². The Hall–Kier alpha value is -1.39. The molecule has 1 fully saturated rings. The highest BCUT2D eigenvalue weighted by Crippen LogP contribution is 2.44. The molecule has 5 nitrogen and oxygen atoms in total. The molecule has 2 rings (SSSR count). The number of carboxylic acid groups (broad SMARTS) is 1. The molecule has 1 aliphatic carbocycles. The molecule has 3 atom stereocenters. The van der Waals surface area contributed by atoms with Gasteiger partial charge in [0, 0.05) is 12.5 Å². The highest BCUT2D eigenvalue weighted by atomic mass is 16.4. The predicted octanol–water partition coefficient (Wildman–Crippen LogP) is 2.60. The molecule has 0 saturated heterocycles. The summed E-state index contributed by atoms with van der Waals surface area (Å²) in [5.74, 6) is 1.30. The van der Waals surface area contributed by atoms with Crippen LogP contribution in [0.2, 0.25) is 0 Å². The zero-order valence-electron chi connectivity index (χ0n) is 12.0. The fraction of sp³-hybridized carbons (Fsp3) is 0.786. The number of aromatic nitrogens is 3. The second-order valence-electron chi connectivity index (χ2n) is 5.55. The summed E-state index contributed by atoms with van der Waals surface area (Å²) in [4.78, 5) is 11.5. The topological polar surface area (TPSA) is 68.0 Å². The molecule has 1 N–H and O–H groups in total. The fourth-order valence-electron chi connectivity index (χ4n) is 3.21. The lowest BCUT2D eigenvalue weighted by atomic mass is 9.95. The minimum atomic E-state index is -0.690. The molecule has 0 aliphatic heterocycles. The molecule has 1 saturated carbocycles. The predicted molar refractivity (Wildman–Crippen MR) is 71.9 cm³/mol. The minimum absolute atomic E-state index is 0.0233. The third-order valence-corrected chi connectivity index (χ3v) is 4.30. The molecule has 0 bridgehead atoms. The Kier molecular flexibility index (Phi) is 4.22. The van der Waals surface area contributed by atoms with Gasteiger partial charge in [-0.2, -0.15) is 0 Å². The van der Waals surface area contributed by atoms with E-state index in [0.29, 0.717) is 5.92 Å². The van der Waals surface area contributed by atoms with E-state index in [2.05, 4.69) is 28.6 Å². The van der Waals surface area contributed by atoms with Gasteiger partial charge in [-0.1, -0.05) is 20.3 Å². The van der Waals surface area contributed by atoms with Crippen LogP contribution in [0.25, 0.3) is 0 Å². The van der Waals surface area contributed by atoms with Crippen molar-refractivity contribution >= 4 is 5.97 Å². The van der Waals surface area contributed by atoms with E-state index in [1.807, 2.05) is 6.92 Å². The number of nitrogens with zero attached hydrogens (tertiary/aromatic N) is 3. The summed E-state index contributed by atoms with van der Waals surface area (Å²) in [7, 11) is 0. The third kappa shape index (κ3) is 2.65. The van der Waals surface area contributed by atoms with Gasteiger partial charge in [0.1, 0.15) is 11.6 Å². The first-order valence-corrected chi connectivity index (χ1v) is 7.20. The maximum atomic E-state index is 11.5. The van der Waals surface area contributed by atoms with Gasteiger partial charge >= 0.3 is 5.97 Å². The van der Waals surface area contributed by atoms with Crippen LogP contribution in [0.5, 0.6) is 0 Å². The van der Waals surface area contributed by atoms with Crippen LogP contribution in [0.3, 0.4) is 0 Å². The molecule has 19 heavy (non-hydrogen) atoms. The van der Waals surface area contributed by atoms with E-state index in [-0.39, 0.29) is 11.8 Å². The molecule has 1 aromatic heterocycles. The molecule has 0 spiro atoms. The minimum Gasteiger partial charge on any atom is -0.481 e. The van der Waals surface area contributed by atoms with Crippen LogP contribution in [0.4, 0.5) is 0 Å². The first-order valence-electron chi connectivity index (χ1n) is 7.20. The lowest BCUT2D eigenvalue weighted by molar-refractivity contribution is -0.142. The Balaban J connectivity index is 2.31. The normalized spacial score (nSPS) is 26.8. The lowest BCUT2D eigenvalue weighted by Gasteiger charge is -2.16. The quantitative estimate of drug-likeness (QED) is 0.888. The summed E-state index contributed by atoms with van der Waals surface area (Å²) in [6.07, 6.45) is 3.75. The number of hydrogen-bond donors (Lipinski definition) is 1. The van der Waals surface area contributed by atoms with Crippen LogP contribution in [0.1, 0.15) is 57.1 Å². The van der Waals surface area contributed by atoms with E-state index in [1.165, 1.54) is 0 Å². The molecule has 0 aromatic carbocycles. The molecule has 1 aromatic rings. The van der Waals surface area contributed by atoms with Crippen LogP contribution < -0.4 is 0 Å². The summed E-state index contributed by atoms with van der Waals surface area (Å²) >= 11 is 0. The van der Waals surface area contributed by atoms with Gasteiger partial charge in [0.05, 0.1) is 5.92 Å². The Morgan fingerprint density at radius 1 is 1.37 bits per heavy atom.